The smallest absolute Gasteiger partial charge is 0.310 e. The van der Waals surface area contributed by atoms with E-state index >= 15 is 0 Å². The Morgan fingerprint density at radius 1 is 0.466 bits per heavy atom. The molecule has 0 radical (unpaired) electrons. The van der Waals surface area contributed by atoms with Crippen LogP contribution in [0.15, 0.2) is 109 Å². The highest BCUT2D eigenvalue weighted by atomic mass is 16.6. The van der Waals surface area contributed by atoms with Crippen LogP contribution in [-0.2, 0) is 102 Å². The first kappa shape index (κ1) is 117. The molecule has 0 aromatic heterocycles. The molecule has 133 heavy (non-hydrogen) atoms. The lowest BCUT2D eigenvalue weighted by Crippen LogP contribution is -2.56. The molecule has 6 amide bonds. The molecule has 0 aliphatic carbocycles. The molecular formula is C106H171N9O18. The lowest BCUT2D eigenvalue weighted by molar-refractivity contribution is -0.155. The average Bonchev–Trinajstić information content (AvgIpc) is 1.48. The molecule has 0 saturated carbocycles. The number of hydrogen-bond acceptors (Lipinski definition) is 21. The van der Waals surface area contributed by atoms with Crippen molar-refractivity contribution in [3.8, 4) is 0 Å². The van der Waals surface area contributed by atoms with Crippen LogP contribution in [0.4, 0.5) is 0 Å². The van der Waals surface area contributed by atoms with Gasteiger partial charge in [-0.05, 0) is 171 Å². The third kappa shape index (κ3) is 35.9. The Kier molecular flexibility index (Phi) is 49.0. The Balaban J connectivity index is 0.000000469. The quantitative estimate of drug-likeness (QED) is 0.0256. The number of esters is 2. The van der Waals surface area contributed by atoms with E-state index in [-0.39, 0.29) is 151 Å². The largest absolute Gasteiger partial charge is 0.460 e. The van der Waals surface area contributed by atoms with Crippen molar-refractivity contribution in [3.63, 3.8) is 0 Å². The van der Waals surface area contributed by atoms with Gasteiger partial charge in [0.05, 0.1) is 129 Å². The number of likely N-dealkylation sites (N-methyl/N-ethyl adjacent to an activating group) is 4. The fourth-order valence-corrected chi connectivity index (χ4v) is 19.0. The standard InChI is InChI=1S/C53H84N4O9.C33H56N4O6.C20H31NO3/c1-16-35(6)48(44(64-14)31-45(59)57-27-21-26-42(57)50(65-15)36(7)51(62)54-37(8)49(61)40-24-18-17-19-25-40)56(13)52(63)41(33(2)3)30-43(58)47(34(4)5)55(12)32-39-23-20-22-38(28-39)29-46(60)66-53(9,10)11;1-10-21(4)29(36(7)33(41)28(34)20(2)3)26(42-8)19-27(38)37-18-14-17-25(37)31(43-9)22(5)32(40)35-23(6)30(39)24-15-12-11-13-16-24;1-14(2)19(15(3)22)21(7)13-17-10-8-9-16(11-17)12-18(23)24-20(4,5)6/h17-20,22-25,28,33-37,41-42,44,47-50,61H,16,21,26-27,29-32H2,1-15H3,(H,54,62);11-13,15-16,20-23,25-26,28-31,39H,10,14,17-19,34H2,1-9H3,(H,35,40);8-11,14,19H,12-13H2,1-7H3/t35-,36+,37+,41-,42-,44+,47-,48-,49+,50+;21-,22+,23+,25-,26+,28-,29-,30+,31+;19-/m000/s1. The number of rotatable bonds is 48. The zero-order chi connectivity index (χ0) is 101. The van der Waals surface area contributed by atoms with Gasteiger partial charge in [0.2, 0.25) is 35.4 Å². The molecular weight excluding hydrogens is 1690 g/mol. The topological polar surface area (TPSA) is 336 Å². The molecule has 27 nitrogen and oxygen atoms in total. The first-order valence-electron chi connectivity index (χ1n) is 48.3. The lowest BCUT2D eigenvalue weighted by Gasteiger charge is -2.41. The zero-order valence-electron chi connectivity index (χ0n) is 86.5. The predicted octanol–water partition coefficient (Wildman–Crippen LogP) is 14.2. The second-order valence-electron chi connectivity index (χ2n) is 40.8. The molecule has 20 atom stereocenters. The maximum absolute atomic E-state index is 14.7. The molecule has 6 N–H and O–H groups in total. The maximum Gasteiger partial charge on any atom is 0.310 e. The van der Waals surface area contributed by atoms with E-state index in [1.165, 1.54) is 0 Å². The summed E-state index contributed by atoms with van der Waals surface area (Å²) in [6.07, 6.45) is 0.951. The number of likely N-dealkylation sites (tertiary alicyclic amines) is 2. The Morgan fingerprint density at radius 2 is 0.820 bits per heavy atom. The highest BCUT2D eigenvalue weighted by Crippen LogP contribution is 2.35. The number of carbonyl (C=O) groups excluding carboxylic acids is 10. The normalized spacial score (nSPS) is 18.3. The van der Waals surface area contributed by atoms with E-state index in [1.54, 1.807) is 91.9 Å². The number of ketones is 2. The van der Waals surface area contributed by atoms with Crippen molar-refractivity contribution in [2.75, 3.05) is 69.7 Å². The highest BCUT2D eigenvalue weighted by molar-refractivity contribution is 5.90. The molecule has 0 unspecified atom stereocenters. The molecule has 2 aliphatic rings. The second kappa shape index (κ2) is 55.7. The van der Waals surface area contributed by atoms with E-state index in [4.69, 9.17) is 34.2 Å². The van der Waals surface area contributed by atoms with Crippen LogP contribution in [0, 0.1) is 53.3 Å². The van der Waals surface area contributed by atoms with Gasteiger partial charge in [0.15, 0.2) is 5.78 Å². The Morgan fingerprint density at radius 3 is 1.14 bits per heavy atom. The van der Waals surface area contributed by atoms with Gasteiger partial charge < -0.3 is 74.6 Å². The number of Topliss-reactive ketones (excluding diaryl/α,β-unsaturated/α-hetero) is 2. The number of carbonyl (C=O) groups is 10. The monoisotopic (exact) mass is 1860 g/mol. The van der Waals surface area contributed by atoms with Crippen molar-refractivity contribution in [2.45, 2.75) is 345 Å². The van der Waals surface area contributed by atoms with Gasteiger partial charge in [-0.15, -0.1) is 0 Å². The fraction of sp³-hybridized carbons (Fsp3) is 0.679. The van der Waals surface area contributed by atoms with Crippen LogP contribution >= 0.6 is 0 Å². The van der Waals surface area contributed by atoms with Gasteiger partial charge in [-0.2, -0.15) is 0 Å². The van der Waals surface area contributed by atoms with E-state index in [0.29, 0.717) is 44.6 Å². The molecule has 27 heteroatoms. The number of nitrogens with zero attached hydrogens (tertiary/aromatic N) is 6. The van der Waals surface area contributed by atoms with Crippen LogP contribution in [0.2, 0.25) is 0 Å². The van der Waals surface area contributed by atoms with Crippen molar-refractivity contribution < 1.29 is 86.6 Å². The molecule has 2 heterocycles. The van der Waals surface area contributed by atoms with Crippen LogP contribution in [0.25, 0.3) is 0 Å². The van der Waals surface area contributed by atoms with E-state index in [2.05, 4.69) is 57.1 Å². The maximum atomic E-state index is 14.7. The van der Waals surface area contributed by atoms with Gasteiger partial charge in [0.25, 0.3) is 0 Å². The van der Waals surface area contributed by atoms with Gasteiger partial charge in [-0.25, -0.2) is 0 Å². The summed E-state index contributed by atoms with van der Waals surface area (Å²) in [7, 11) is 13.7. The van der Waals surface area contributed by atoms with Crippen LogP contribution in [0.5, 0.6) is 0 Å². The van der Waals surface area contributed by atoms with Gasteiger partial charge in [0.1, 0.15) is 17.0 Å². The first-order valence-corrected chi connectivity index (χ1v) is 48.3. The fourth-order valence-electron chi connectivity index (χ4n) is 19.0. The molecule has 2 aliphatic heterocycles. The molecule has 2 saturated heterocycles. The predicted molar refractivity (Wildman–Crippen MR) is 524 cm³/mol. The molecule has 2 fully saturated rings. The van der Waals surface area contributed by atoms with Crippen LogP contribution in [0.3, 0.4) is 0 Å². The van der Waals surface area contributed by atoms with Gasteiger partial charge >= 0.3 is 11.9 Å². The van der Waals surface area contributed by atoms with Gasteiger partial charge in [-0.3, -0.25) is 57.7 Å². The lowest BCUT2D eigenvalue weighted by atomic mass is 9.83. The molecule has 6 rings (SSSR count). The summed E-state index contributed by atoms with van der Waals surface area (Å²) in [5.41, 5.74) is 10.4. The number of aliphatic hydroxyl groups excluding tert-OH is 2. The minimum Gasteiger partial charge on any atom is -0.460 e. The Bertz CT molecular complexity index is 4250. The molecule has 0 bridgehead atoms. The van der Waals surface area contributed by atoms with Gasteiger partial charge in [-0.1, -0.05) is 219 Å². The minimum absolute atomic E-state index is 0.0153. The summed E-state index contributed by atoms with van der Waals surface area (Å²) in [6.45, 7) is 46.2. The third-order valence-corrected chi connectivity index (χ3v) is 26.4. The van der Waals surface area contributed by atoms with E-state index in [9.17, 15) is 58.2 Å². The number of methoxy groups -OCH3 is 4. The van der Waals surface area contributed by atoms with Crippen molar-refractivity contribution in [2.24, 2.45) is 59.0 Å². The number of ether oxygens (including phenoxy) is 6. The van der Waals surface area contributed by atoms with Crippen molar-refractivity contribution in [1.29, 1.82) is 0 Å². The summed E-state index contributed by atoms with van der Waals surface area (Å²) in [4.78, 5) is 145. The van der Waals surface area contributed by atoms with Crippen molar-refractivity contribution in [1.82, 2.24) is 40.0 Å². The van der Waals surface area contributed by atoms with Crippen LogP contribution in [-0.4, -0.2) is 258 Å². The number of nitrogens with two attached hydrogens (primary N) is 1. The Hall–Kier alpha value is -8.38. The molecule has 748 valence electrons. The summed E-state index contributed by atoms with van der Waals surface area (Å²) < 4.78 is 34.7. The number of hydrogen-bond donors (Lipinski definition) is 5. The highest BCUT2D eigenvalue weighted by Gasteiger charge is 2.47. The Labute approximate surface area is 797 Å². The van der Waals surface area contributed by atoms with E-state index in [1.807, 2.05) is 216 Å². The molecule has 0 spiro atoms. The number of amides is 6. The van der Waals surface area contributed by atoms with Crippen LogP contribution < -0.4 is 16.4 Å². The number of benzene rings is 4. The minimum atomic E-state index is -0.892. The van der Waals surface area contributed by atoms with E-state index in [0.717, 1.165) is 53.5 Å². The third-order valence-electron chi connectivity index (χ3n) is 26.4. The SMILES string of the molecule is CC(=O)[C@H](C(C)C)N(C)Cc1cccc(CC(=O)OC(C)(C)C)c1.CC[C@H](C)[C@@H]([C@@H](CC(=O)N1CCC[C@H]1[C@H](OC)[C@@H](C)C(=O)N[C@H](C)[C@@H](O)c1ccccc1)OC)N(C)C(=O)[C@@H](CC(=O)[C@H](C(C)C)N(C)Cc1cccc(CC(=O)OC(C)(C)C)c1)C(C)C.CC[C@H](C)[C@@H]([C@@H](CC(=O)N1CCC[C@H]1[C@H](OC)[C@@H](C)C(=O)N[C@H](C)[C@@H](O)c1ccccc1)OC)N(C)C(=O)[C@@H](N)C(C)C. The first-order chi connectivity index (χ1) is 62.2. The average molecular weight is 1860 g/mol. The molecule has 4 aromatic carbocycles. The second-order valence-corrected chi connectivity index (χ2v) is 40.8. The van der Waals surface area contributed by atoms with Crippen molar-refractivity contribution >= 4 is 58.9 Å². The van der Waals surface area contributed by atoms with Crippen LogP contribution in [0.1, 0.15) is 263 Å². The van der Waals surface area contributed by atoms with E-state index < -0.39 is 95.8 Å². The number of aliphatic hydroxyl groups is 2. The zero-order valence-corrected chi connectivity index (χ0v) is 86.5. The molecule has 4 aromatic rings. The number of nitrogens with one attached hydrogen (secondary N) is 2. The van der Waals surface area contributed by atoms with Gasteiger partial charge in [0, 0.05) is 81.1 Å². The summed E-state index contributed by atoms with van der Waals surface area (Å²) in [5, 5.41) is 27.5. The summed E-state index contributed by atoms with van der Waals surface area (Å²) >= 11 is 0. The summed E-state index contributed by atoms with van der Waals surface area (Å²) in [6, 6.07) is 30.4. The van der Waals surface area contributed by atoms with Crippen molar-refractivity contribution in [3.05, 3.63) is 143 Å². The summed E-state index contributed by atoms with van der Waals surface area (Å²) in [5.74, 6) is -3.17.